The molecule has 2 aliphatic rings. The molecule has 2 aromatic rings. The Bertz CT molecular complexity index is 856. The van der Waals surface area contributed by atoms with Gasteiger partial charge in [-0.15, -0.1) is 0 Å². The van der Waals surface area contributed by atoms with Crippen molar-refractivity contribution >= 4 is 28.6 Å². The average Bonchev–Trinajstić information content (AvgIpc) is 3.29. The van der Waals surface area contributed by atoms with Crippen LogP contribution in [0.15, 0.2) is 6.33 Å². The van der Waals surface area contributed by atoms with E-state index in [0.29, 0.717) is 17.0 Å². The highest BCUT2D eigenvalue weighted by molar-refractivity contribution is 6.28. The quantitative estimate of drug-likeness (QED) is 0.699. The molecule has 0 bridgehead atoms. The van der Waals surface area contributed by atoms with Gasteiger partial charge in [0.1, 0.15) is 18.3 Å². The van der Waals surface area contributed by atoms with Crippen molar-refractivity contribution in [3.8, 4) is 0 Å². The number of aromatic nitrogens is 4. The van der Waals surface area contributed by atoms with Crippen molar-refractivity contribution in [3.63, 3.8) is 0 Å². The minimum atomic E-state index is -0.754. The van der Waals surface area contributed by atoms with Crippen LogP contribution in [0.3, 0.4) is 0 Å². The first kappa shape index (κ1) is 19.8. The van der Waals surface area contributed by atoms with Crippen molar-refractivity contribution in [1.82, 2.24) is 19.5 Å². The number of aliphatic hydroxyl groups excluding tert-OH is 1. The molecule has 2 N–H and O–H groups in total. The summed E-state index contributed by atoms with van der Waals surface area (Å²) in [7, 11) is 0. The third-order valence-corrected chi connectivity index (χ3v) is 5.47. The number of anilines is 1. The molecule has 0 spiro atoms. The molecule has 10 heteroatoms. The number of nitrogens with one attached hydrogen (secondary N) is 1. The molecule has 4 heterocycles. The van der Waals surface area contributed by atoms with E-state index in [2.05, 4.69) is 34.1 Å². The molecule has 2 fully saturated rings. The van der Waals surface area contributed by atoms with Gasteiger partial charge in [0, 0.05) is 6.04 Å². The molecule has 2 saturated heterocycles. The van der Waals surface area contributed by atoms with Crippen molar-refractivity contribution in [2.45, 2.75) is 76.9 Å². The normalized spacial score (nSPS) is 29.0. The van der Waals surface area contributed by atoms with Crippen LogP contribution in [0.5, 0.6) is 0 Å². The number of hydrogen-bond donors (Lipinski definition) is 2. The van der Waals surface area contributed by atoms with E-state index in [4.69, 9.17) is 25.8 Å². The van der Waals surface area contributed by atoms with Gasteiger partial charge >= 0.3 is 0 Å². The van der Waals surface area contributed by atoms with Crippen LogP contribution in [0.1, 0.15) is 46.8 Å². The van der Waals surface area contributed by atoms with Crippen LogP contribution in [0.25, 0.3) is 11.2 Å². The molecule has 4 rings (SSSR count). The van der Waals surface area contributed by atoms with Crippen molar-refractivity contribution in [3.05, 3.63) is 11.6 Å². The van der Waals surface area contributed by atoms with Gasteiger partial charge in [0.05, 0.1) is 12.9 Å². The second-order valence-corrected chi connectivity index (χ2v) is 7.97. The average molecular weight is 412 g/mol. The molecule has 28 heavy (non-hydrogen) atoms. The lowest BCUT2D eigenvalue weighted by atomic mass is 10.1. The standard InChI is InChI=1S/C18H26ClN5O4/c1-5-9(6-2)21-14-11-15(23-17(19)22-14)24(8-20-11)16-13-12(10(7-25)26-16)27-18(3,4)28-13/h8-10,12-13,16,25H,5-7H2,1-4H3,(H,21,22,23)/t10-,12-,13-,16-/m1/s1. The smallest absolute Gasteiger partial charge is 0.226 e. The summed E-state index contributed by atoms with van der Waals surface area (Å²) in [5, 5.41) is 13.2. The highest BCUT2D eigenvalue weighted by Crippen LogP contribution is 2.43. The summed E-state index contributed by atoms with van der Waals surface area (Å²) in [5.74, 6) is -0.157. The van der Waals surface area contributed by atoms with E-state index in [-0.39, 0.29) is 24.0 Å². The third-order valence-electron chi connectivity index (χ3n) is 5.30. The number of fused-ring (bicyclic) bond motifs is 2. The van der Waals surface area contributed by atoms with Crippen molar-refractivity contribution in [1.29, 1.82) is 0 Å². The molecule has 0 aromatic carbocycles. The highest BCUT2D eigenvalue weighted by Gasteiger charge is 2.56. The van der Waals surface area contributed by atoms with E-state index in [1.54, 1.807) is 10.9 Å². The number of halogens is 1. The maximum Gasteiger partial charge on any atom is 0.226 e. The summed E-state index contributed by atoms with van der Waals surface area (Å²) in [6.45, 7) is 7.75. The summed E-state index contributed by atoms with van der Waals surface area (Å²) in [5.41, 5.74) is 1.16. The predicted molar refractivity (Wildman–Crippen MR) is 103 cm³/mol. The first-order valence-corrected chi connectivity index (χ1v) is 10.0. The second-order valence-electron chi connectivity index (χ2n) is 7.64. The van der Waals surface area contributed by atoms with Gasteiger partial charge in [-0.2, -0.15) is 9.97 Å². The van der Waals surface area contributed by atoms with E-state index < -0.39 is 24.2 Å². The zero-order chi connectivity index (χ0) is 20.1. The zero-order valence-electron chi connectivity index (χ0n) is 16.4. The van der Waals surface area contributed by atoms with Gasteiger partial charge in [0.15, 0.2) is 29.0 Å². The minimum Gasteiger partial charge on any atom is -0.394 e. The minimum absolute atomic E-state index is 0.125. The van der Waals surface area contributed by atoms with Gasteiger partial charge < -0.3 is 24.6 Å². The Morgan fingerprint density at radius 2 is 1.96 bits per heavy atom. The van der Waals surface area contributed by atoms with E-state index in [9.17, 15) is 5.11 Å². The first-order chi connectivity index (χ1) is 13.4. The summed E-state index contributed by atoms with van der Waals surface area (Å²) in [6.07, 6.45) is 1.75. The van der Waals surface area contributed by atoms with Gasteiger partial charge in [-0.1, -0.05) is 13.8 Å². The third kappa shape index (κ3) is 3.35. The molecule has 4 atom stereocenters. The van der Waals surface area contributed by atoms with E-state index in [1.165, 1.54) is 0 Å². The molecular weight excluding hydrogens is 386 g/mol. The lowest BCUT2D eigenvalue weighted by Gasteiger charge is -2.24. The number of nitrogens with zero attached hydrogens (tertiary/aromatic N) is 4. The Balaban J connectivity index is 1.73. The van der Waals surface area contributed by atoms with Crippen molar-refractivity contribution < 1.29 is 19.3 Å². The fourth-order valence-corrected chi connectivity index (χ4v) is 4.06. The van der Waals surface area contributed by atoms with Crippen LogP contribution in [-0.4, -0.2) is 61.4 Å². The Morgan fingerprint density at radius 1 is 1.25 bits per heavy atom. The molecule has 2 aromatic heterocycles. The largest absolute Gasteiger partial charge is 0.394 e. The molecule has 2 aliphatic heterocycles. The van der Waals surface area contributed by atoms with Gasteiger partial charge in [-0.25, -0.2) is 4.98 Å². The van der Waals surface area contributed by atoms with Crippen molar-refractivity contribution in [2.75, 3.05) is 11.9 Å². The Hall–Kier alpha value is -1.52. The first-order valence-electron chi connectivity index (χ1n) is 9.65. The van der Waals surface area contributed by atoms with Crippen LogP contribution in [0, 0.1) is 0 Å². The topological polar surface area (TPSA) is 104 Å². The highest BCUT2D eigenvalue weighted by atomic mass is 35.5. The summed E-state index contributed by atoms with van der Waals surface area (Å²) in [4.78, 5) is 13.2. The van der Waals surface area contributed by atoms with E-state index >= 15 is 0 Å². The molecule has 0 aliphatic carbocycles. The predicted octanol–water partition coefficient (Wildman–Crippen LogP) is 2.49. The summed E-state index contributed by atoms with van der Waals surface area (Å²) in [6, 6.07) is 0.262. The van der Waals surface area contributed by atoms with Gasteiger partial charge in [0.25, 0.3) is 0 Å². The van der Waals surface area contributed by atoms with Crippen LogP contribution >= 0.6 is 11.6 Å². The van der Waals surface area contributed by atoms with E-state index in [1.807, 2.05) is 13.8 Å². The number of rotatable bonds is 6. The molecular formula is C18H26ClN5O4. The maximum absolute atomic E-state index is 9.71. The lowest BCUT2D eigenvalue weighted by molar-refractivity contribution is -0.199. The number of imidazole rings is 1. The Morgan fingerprint density at radius 3 is 2.64 bits per heavy atom. The van der Waals surface area contributed by atoms with E-state index in [0.717, 1.165) is 12.8 Å². The van der Waals surface area contributed by atoms with Crippen molar-refractivity contribution in [2.24, 2.45) is 0 Å². The van der Waals surface area contributed by atoms with Gasteiger partial charge in [0.2, 0.25) is 5.28 Å². The SMILES string of the molecule is CCC(CC)Nc1nc(Cl)nc2c1ncn2[C@@H]1O[C@H](CO)[C@H]2OC(C)(C)O[C@H]21. The molecule has 9 nitrogen and oxygen atoms in total. The second kappa shape index (κ2) is 7.38. The Kier molecular flexibility index (Phi) is 5.22. The summed E-state index contributed by atoms with van der Waals surface area (Å²) < 4.78 is 19.8. The van der Waals surface area contributed by atoms with Crippen LogP contribution in [-0.2, 0) is 14.2 Å². The van der Waals surface area contributed by atoms with Gasteiger partial charge in [-0.3, -0.25) is 4.57 Å². The maximum atomic E-state index is 9.71. The number of hydrogen-bond acceptors (Lipinski definition) is 8. The molecule has 154 valence electrons. The fraction of sp³-hybridized carbons (Fsp3) is 0.722. The molecule has 0 unspecified atom stereocenters. The fourth-order valence-electron chi connectivity index (χ4n) is 3.89. The van der Waals surface area contributed by atoms with Crippen LogP contribution in [0.4, 0.5) is 5.82 Å². The molecule has 0 amide bonds. The molecule has 0 saturated carbocycles. The molecule has 0 radical (unpaired) electrons. The Labute approximate surface area is 168 Å². The number of ether oxygens (including phenoxy) is 3. The van der Waals surface area contributed by atoms with Crippen LogP contribution in [0.2, 0.25) is 5.28 Å². The summed E-state index contributed by atoms with van der Waals surface area (Å²) >= 11 is 6.20. The monoisotopic (exact) mass is 411 g/mol. The number of aliphatic hydroxyl groups is 1. The van der Waals surface area contributed by atoms with Gasteiger partial charge in [-0.05, 0) is 38.3 Å². The van der Waals surface area contributed by atoms with Crippen LogP contribution < -0.4 is 5.32 Å². The lowest BCUT2D eigenvalue weighted by Crippen LogP contribution is -2.31. The zero-order valence-corrected chi connectivity index (χ0v) is 17.2.